The number of nitrogens with two attached hydrogens (primary N) is 1. The van der Waals surface area contributed by atoms with Crippen LogP contribution in [-0.2, 0) is 16.0 Å². The average molecular weight is 291 g/mol. The third-order valence-electron chi connectivity index (χ3n) is 4.17. The second-order valence-electron chi connectivity index (χ2n) is 5.59. The van der Waals surface area contributed by atoms with Gasteiger partial charge in [0.2, 0.25) is 0 Å². The summed E-state index contributed by atoms with van der Waals surface area (Å²) in [5.41, 5.74) is 8.95. The van der Waals surface area contributed by atoms with E-state index in [2.05, 4.69) is 16.9 Å². The van der Waals surface area contributed by atoms with Crippen LogP contribution >= 0.6 is 0 Å². The molecule has 0 radical (unpaired) electrons. The molecule has 4 nitrogen and oxygen atoms in total. The van der Waals surface area contributed by atoms with Crippen LogP contribution in [0.25, 0.3) is 0 Å². The molecule has 0 aromatic heterocycles. The average Bonchev–Trinajstić information content (AvgIpc) is 2.78. The number of esters is 1. The highest BCUT2D eigenvalue weighted by Gasteiger charge is 2.29. The standard InChI is InChI=1S/C17H25NO3/c1-3-21-13-8-9-14-12(10-13)11-16(18)15(14)6-4-5-7-17(19)20-2/h8-10,15-16H,3-7,11,18H2,1-2H3. The molecular formula is C17H25NO3. The zero-order chi connectivity index (χ0) is 15.2. The number of ether oxygens (including phenoxy) is 2. The summed E-state index contributed by atoms with van der Waals surface area (Å²) in [6.07, 6.45) is 4.30. The van der Waals surface area contributed by atoms with Crippen molar-refractivity contribution in [2.45, 2.75) is 51.0 Å². The van der Waals surface area contributed by atoms with Crippen LogP contribution in [0.2, 0.25) is 0 Å². The minimum absolute atomic E-state index is 0.132. The summed E-state index contributed by atoms with van der Waals surface area (Å²) in [5.74, 6) is 1.19. The van der Waals surface area contributed by atoms with E-state index in [0.29, 0.717) is 18.9 Å². The summed E-state index contributed by atoms with van der Waals surface area (Å²) in [6, 6.07) is 6.47. The molecule has 0 fully saturated rings. The second-order valence-corrected chi connectivity index (χ2v) is 5.59. The first kappa shape index (κ1) is 15.8. The third kappa shape index (κ3) is 3.97. The van der Waals surface area contributed by atoms with E-state index in [1.807, 2.05) is 13.0 Å². The molecule has 1 aromatic rings. The molecule has 0 aliphatic heterocycles. The van der Waals surface area contributed by atoms with Crippen molar-refractivity contribution in [3.63, 3.8) is 0 Å². The van der Waals surface area contributed by atoms with Gasteiger partial charge in [0.25, 0.3) is 0 Å². The molecule has 0 amide bonds. The monoisotopic (exact) mass is 291 g/mol. The van der Waals surface area contributed by atoms with Crippen molar-refractivity contribution in [3.8, 4) is 5.75 Å². The molecule has 0 saturated carbocycles. The Kier molecular flexibility index (Phi) is 5.62. The van der Waals surface area contributed by atoms with E-state index < -0.39 is 0 Å². The van der Waals surface area contributed by atoms with Gasteiger partial charge in [0, 0.05) is 12.5 Å². The van der Waals surface area contributed by atoms with Gasteiger partial charge in [0.15, 0.2) is 0 Å². The summed E-state index contributed by atoms with van der Waals surface area (Å²) in [6.45, 7) is 2.67. The minimum atomic E-state index is -0.132. The molecule has 0 heterocycles. The maximum absolute atomic E-state index is 11.1. The predicted molar refractivity (Wildman–Crippen MR) is 82.5 cm³/mol. The molecule has 4 heteroatoms. The van der Waals surface area contributed by atoms with Gasteiger partial charge in [-0.05, 0) is 55.4 Å². The topological polar surface area (TPSA) is 61.5 Å². The Hall–Kier alpha value is -1.55. The van der Waals surface area contributed by atoms with Crippen LogP contribution in [-0.4, -0.2) is 25.7 Å². The molecule has 116 valence electrons. The maximum Gasteiger partial charge on any atom is 0.305 e. The zero-order valence-electron chi connectivity index (χ0n) is 12.9. The van der Waals surface area contributed by atoms with Gasteiger partial charge in [0.05, 0.1) is 13.7 Å². The number of carbonyl (C=O) groups is 1. The highest BCUT2D eigenvalue weighted by molar-refractivity contribution is 5.68. The first-order valence-electron chi connectivity index (χ1n) is 7.73. The lowest BCUT2D eigenvalue weighted by molar-refractivity contribution is -0.140. The molecule has 2 N–H and O–H groups in total. The lowest BCUT2D eigenvalue weighted by Crippen LogP contribution is -2.24. The van der Waals surface area contributed by atoms with Crippen molar-refractivity contribution in [2.75, 3.05) is 13.7 Å². The molecule has 0 saturated heterocycles. The molecular weight excluding hydrogens is 266 g/mol. The highest BCUT2D eigenvalue weighted by atomic mass is 16.5. The molecule has 2 unspecified atom stereocenters. The van der Waals surface area contributed by atoms with E-state index >= 15 is 0 Å². The highest BCUT2D eigenvalue weighted by Crippen LogP contribution is 2.37. The molecule has 0 spiro atoms. The van der Waals surface area contributed by atoms with Gasteiger partial charge in [-0.1, -0.05) is 12.5 Å². The van der Waals surface area contributed by atoms with Crippen LogP contribution in [0.5, 0.6) is 5.75 Å². The van der Waals surface area contributed by atoms with Gasteiger partial charge in [-0.15, -0.1) is 0 Å². The summed E-state index contributed by atoms with van der Waals surface area (Å²) in [7, 11) is 1.43. The number of benzene rings is 1. The Bertz CT molecular complexity index is 487. The van der Waals surface area contributed by atoms with Crippen LogP contribution in [0.3, 0.4) is 0 Å². The lowest BCUT2D eigenvalue weighted by atomic mass is 9.92. The van der Waals surface area contributed by atoms with Gasteiger partial charge < -0.3 is 15.2 Å². The van der Waals surface area contributed by atoms with Crippen LogP contribution in [0.1, 0.15) is 49.7 Å². The Morgan fingerprint density at radius 2 is 2.19 bits per heavy atom. The quantitative estimate of drug-likeness (QED) is 0.620. The first-order valence-corrected chi connectivity index (χ1v) is 7.73. The van der Waals surface area contributed by atoms with Gasteiger partial charge in [-0.2, -0.15) is 0 Å². The third-order valence-corrected chi connectivity index (χ3v) is 4.17. The Labute approximate surface area is 126 Å². The van der Waals surface area contributed by atoms with Gasteiger partial charge >= 0.3 is 5.97 Å². The van der Waals surface area contributed by atoms with E-state index in [4.69, 9.17) is 10.5 Å². The molecule has 1 aliphatic rings. The zero-order valence-corrected chi connectivity index (χ0v) is 12.9. The van der Waals surface area contributed by atoms with Crippen molar-refractivity contribution in [1.82, 2.24) is 0 Å². The molecule has 1 aliphatic carbocycles. The second kappa shape index (κ2) is 7.46. The lowest BCUT2D eigenvalue weighted by Gasteiger charge is -2.16. The number of unbranched alkanes of at least 4 members (excludes halogenated alkanes) is 1. The van der Waals surface area contributed by atoms with Crippen molar-refractivity contribution in [2.24, 2.45) is 5.73 Å². The largest absolute Gasteiger partial charge is 0.494 e. The maximum atomic E-state index is 11.1. The molecule has 2 atom stereocenters. The number of rotatable bonds is 7. The fourth-order valence-electron chi connectivity index (χ4n) is 3.11. The van der Waals surface area contributed by atoms with Crippen molar-refractivity contribution in [3.05, 3.63) is 29.3 Å². The Morgan fingerprint density at radius 1 is 1.38 bits per heavy atom. The van der Waals surface area contributed by atoms with Crippen molar-refractivity contribution >= 4 is 5.97 Å². The summed E-state index contributed by atoms with van der Waals surface area (Å²) < 4.78 is 10.2. The Morgan fingerprint density at radius 3 is 2.90 bits per heavy atom. The van der Waals surface area contributed by atoms with E-state index in [0.717, 1.165) is 31.4 Å². The Balaban J connectivity index is 1.92. The SMILES string of the molecule is CCOc1ccc2c(c1)CC(N)C2CCCCC(=O)OC. The molecule has 1 aromatic carbocycles. The number of methoxy groups -OCH3 is 1. The summed E-state index contributed by atoms with van der Waals surface area (Å²) in [4.78, 5) is 11.1. The fourth-order valence-corrected chi connectivity index (χ4v) is 3.11. The number of hydrogen-bond donors (Lipinski definition) is 1. The smallest absolute Gasteiger partial charge is 0.305 e. The number of fused-ring (bicyclic) bond motifs is 1. The summed E-state index contributed by atoms with van der Waals surface area (Å²) in [5, 5.41) is 0. The van der Waals surface area contributed by atoms with Crippen LogP contribution in [0.15, 0.2) is 18.2 Å². The summed E-state index contributed by atoms with van der Waals surface area (Å²) >= 11 is 0. The van der Waals surface area contributed by atoms with E-state index in [9.17, 15) is 4.79 Å². The van der Waals surface area contributed by atoms with E-state index in [1.165, 1.54) is 18.2 Å². The van der Waals surface area contributed by atoms with Gasteiger partial charge in [0.1, 0.15) is 5.75 Å². The predicted octanol–water partition coefficient (Wildman–Crippen LogP) is 2.79. The molecule has 2 rings (SSSR count). The van der Waals surface area contributed by atoms with Crippen molar-refractivity contribution < 1.29 is 14.3 Å². The van der Waals surface area contributed by atoms with Gasteiger partial charge in [-0.3, -0.25) is 4.79 Å². The van der Waals surface area contributed by atoms with Crippen molar-refractivity contribution in [1.29, 1.82) is 0 Å². The van der Waals surface area contributed by atoms with Crippen LogP contribution in [0.4, 0.5) is 0 Å². The number of carbonyl (C=O) groups excluding carboxylic acids is 1. The normalized spacial score (nSPS) is 20.1. The fraction of sp³-hybridized carbons (Fsp3) is 0.588. The van der Waals surface area contributed by atoms with E-state index in [1.54, 1.807) is 0 Å². The van der Waals surface area contributed by atoms with Crippen LogP contribution < -0.4 is 10.5 Å². The molecule has 0 bridgehead atoms. The number of hydrogen-bond acceptors (Lipinski definition) is 4. The molecule has 21 heavy (non-hydrogen) atoms. The first-order chi connectivity index (χ1) is 10.2. The van der Waals surface area contributed by atoms with E-state index in [-0.39, 0.29) is 12.0 Å². The van der Waals surface area contributed by atoms with Crippen LogP contribution in [0, 0.1) is 0 Å². The van der Waals surface area contributed by atoms with Gasteiger partial charge in [-0.25, -0.2) is 0 Å². The minimum Gasteiger partial charge on any atom is -0.494 e.